The van der Waals surface area contributed by atoms with Gasteiger partial charge >= 0.3 is 0 Å². The Labute approximate surface area is 118 Å². The van der Waals surface area contributed by atoms with E-state index in [9.17, 15) is 9.90 Å². The van der Waals surface area contributed by atoms with Gasteiger partial charge in [-0.25, -0.2) is 0 Å². The lowest BCUT2D eigenvalue weighted by Crippen LogP contribution is -2.31. The number of aliphatic hydroxyl groups is 1. The molecule has 2 aromatic heterocycles. The summed E-state index contributed by atoms with van der Waals surface area (Å²) >= 11 is 0. The van der Waals surface area contributed by atoms with Gasteiger partial charge in [-0.1, -0.05) is 0 Å². The van der Waals surface area contributed by atoms with Crippen molar-refractivity contribution in [3.8, 4) is 5.82 Å². The molecule has 0 aliphatic heterocycles. The number of nitrogens with zero attached hydrogens (tertiary/aromatic N) is 3. The first kappa shape index (κ1) is 14.3. The Balaban J connectivity index is 2.40. The first-order valence-corrected chi connectivity index (χ1v) is 6.55. The number of carbonyl (C=O) groups is 1. The number of nitrogens with one attached hydrogen (secondary N) is 1. The lowest BCUT2D eigenvalue weighted by Gasteiger charge is -2.13. The van der Waals surface area contributed by atoms with Crippen LogP contribution >= 0.6 is 0 Å². The van der Waals surface area contributed by atoms with Gasteiger partial charge in [-0.2, -0.15) is 5.10 Å². The number of aliphatic hydroxyl groups excluding tert-OH is 1. The number of amides is 1. The van der Waals surface area contributed by atoms with E-state index in [2.05, 4.69) is 10.4 Å². The number of rotatable bonds is 4. The van der Waals surface area contributed by atoms with E-state index in [-0.39, 0.29) is 12.5 Å². The zero-order valence-electron chi connectivity index (χ0n) is 12.2. The van der Waals surface area contributed by atoms with Crippen LogP contribution in [0.25, 0.3) is 5.82 Å². The first-order valence-electron chi connectivity index (χ1n) is 6.55. The number of hydrogen-bond donors (Lipinski definition) is 2. The average molecular weight is 276 g/mol. The lowest BCUT2D eigenvalue weighted by molar-refractivity contribution is 0.0924. The van der Waals surface area contributed by atoms with E-state index in [1.807, 2.05) is 30.5 Å². The van der Waals surface area contributed by atoms with Crippen molar-refractivity contribution < 1.29 is 9.90 Å². The van der Waals surface area contributed by atoms with Crippen LogP contribution in [0.5, 0.6) is 0 Å². The molecule has 2 N–H and O–H groups in total. The molecule has 0 spiro atoms. The molecule has 6 nitrogen and oxygen atoms in total. The summed E-state index contributed by atoms with van der Waals surface area (Å²) in [6.07, 6.45) is 0.972. The quantitative estimate of drug-likeness (QED) is 0.873. The Morgan fingerprint density at radius 3 is 2.55 bits per heavy atom. The molecule has 108 valence electrons. The van der Waals surface area contributed by atoms with E-state index in [0.717, 1.165) is 17.2 Å². The highest BCUT2D eigenvalue weighted by Crippen LogP contribution is 2.19. The molecule has 6 heteroatoms. The topological polar surface area (TPSA) is 72.1 Å². The van der Waals surface area contributed by atoms with E-state index in [4.69, 9.17) is 0 Å². The molecule has 1 amide bonds. The summed E-state index contributed by atoms with van der Waals surface area (Å²) in [5, 5.41) is 16.1. The largest absolute Gasteiger partial charge is 0.392 e. The van der Waals surface area contributed by atoms with Gasteiger partial charge < -0.3 is 15.0 Å². The fraction of sp³-hybridized carbons (Fsp3) is 0.429. The SMILES string of the molecule is Cc1ccc(C)n1-c1c(C(=O)NCC(C)O)cnn1C. The number of aryl methyl sites for hydroxylation is 3. The Kier molecular flexibility index (Phi) is 3.94. The summed E-state index contributed by atoms with van der Waals surface area (Å²) < 4.78 is 3.67. The van der Waals surface area contributed by atoms with Crippen molar-refractivity contribution in [2.45, 2.75) is 26.9 Å². The van der Waals surface area contributed by atoms with Crippen molar-refractivity contribution in [2.24, 2.45) is 7.05 Å². The third-order valence-corrected chi connectivity index (χ3v) is 3.19. The molecule has 0 fully saturated rings. The maximum atomic E-state index is 12.2. The van der Waals surface area contributed by atoms with Crippen LogP contribution in [0.15, 0.2) is 18.3 Å². The summed E-state index contributed by atoms with van der Waals surface area (Å²) in [4.78, 5) is 12.2. The second kappa shape index (κ2) is 5.50. The van der Waals surface area contributed by atoms with Crippen LogP contribution in [0.1, 0.15) is 28.7 Å². The molecule has 0 aliphatic carbocycles. The zero-order valence-corrected chi connectivity index (χ0v) is 12.2. The van der Waals surface area contributed by atoms with Gasteiger partial charge in [0.05, 0.1) is 12.3 Å². The fourth-order valence-electron chi connectivity index (χ4n) is 2.19. The molecule has 20 heavy (non-hydrogen) atoms. The average Bonchev–Trinajstić information content (AvgIpc) is 2.90. The van der Waals surface area contributed by atoms with Crippen LogP contribution in [-0.2, 0) is 7.05 Å². The Bertz CT molecular complexity index is 606. The minimum absolute atomic E-state index is 0.219. The maximum absolute atomic E-state index is 12.2. The summed E-state index contributed by atoms with van der Waals surface area (Å²) in [5.41, 5.74) is 2.57. The summed E-state index contributed by atoms with van der Waals surface area (Å²) in [5.74, 6) is 0.495. The van der Waals surface area contributed by atoms with Gasteiger partial charge in [0.15, 0.2) is 0 Å². The smallest absolute Gasteiger partial charge is 0.256 e. The predicted molar refractivity (Wildman–Crippen MR) is 76.0 cm³/mol. The van der Waals surface area contributed by atoms with Gasteiger partial charge in [0.1, 0.15) is 11.4 Å². The highest BCUT2D eigenvalue weighted by molar-refractivity contribution is 5.97. The molecule has 0 radical (unpaired) electrons. The first-order chi connectivity index (χ1) is 9.41. The standard InChI is InChI=1S/C14H20N4O2/c1-9-5-6-10(2)18(9)14-12(8-16-17(14)4)13(20)15-7-11(3)19/h5-6,8,11,19H,7H2,1-4H3,(H,15,20). The van der Waals surface area contributed by atoms with Gasteiger partial charge in [0, 0.05) is 25.0 Å². The van der Waals surface area contributed by atoms with E-state index in [1.165, 1.54) is 0 Å². The molecule has 2 rings (SSSR count). The van der Waals surface area contributed by atoms with Crippen molar-refractivity contribution in [1.29, 1.82) is 0 Å². The van der Waals surface area contributed by atoms with Gasteiger partial charge in [0.25, 0.3) is 5.91 Å². The van der Waals surface area contributed by atoms with Gasteiger partial charge in [-0.3, -0.25) is 9.48 Å². The highest BCUT2D eigenvalue weighted by atomic mass is 16.3. The molecular weight excluding hydrogens is 256 g/mol. The number of aromatic nitrogens is 3. The van der Waals surface area contributed by atoms with Crippen LogP contribution in [0.3, 0.4) is 0 Å². The molecule has 2 heterocycles. The monoisotopic (exact) mass is 276 g/mol. The molecule has 0 saturated carbocycles. The molecule has 1 unspecified atom stereocenters. The van der Waals surface area contributed by atoms with E-state index >= 15 is 0 Å². The lowest BCUT2D eigenvalue weighted by atomic mass is 10.2. The Hall–Kier alpha value is -2.08. The maximum Gasteiger partial charge on any atom is 0.256 e. The number of hydrogen-bond acceptors (Lipinski definition) is 3. The minimum Gasteiger partial charge on any atom is -0.392 e. The van der Waals surface area contributed by atoms with E-state index in [0.29, 0.717) is 5.56 Å². The van der Waals surface area contributed by atoms with Crippen molar-refractivity contribution in [2.75, 3.05) is 6.54 Å². The van der Waals surface area contributed by atoms with Gasteiger partial charge in [0.2, 0.25) is 0 Å². The second-order valence-electron chi connectivity index (χ2n) is 5.02. The summed E-state index contributed by atoms with van der Waals surface area (Å²) in [7, 11) is 1.81. The van der Waals surface area contributed by atoms with Crippen molar-refractivity contribution in [3.05, 3.63) is 35.3 Å². The zero-order chi connectivity index (χ0) is 14.9. The van der Waals surface area contributed by atoms with Gasteiger partial charge in [-0.15, -0.1) is 0 Å². The summed E-state index contributed by atoms with van der Waals surface area (Å²) in [6.45, 7) is 5.82. The van der Waals surface area contributed by atoms with Crippen LogP contribution in [-0.4, -0.2) is 38.0 Å². The molecule has 0 aliphatic rings. The van der Waals surface area contributed by atoms with Crippen LogP contribution in [0.4, 0.5) is 0 Å². The highest BCUT2D eigenvalue weighted by Gasteiger charge is 2.19. The molecule has 0 bridgehead atoms. The number of carbonyl (C=O) groups excluding carboxylic acids is 1. The predicted octanol–water partition coefficient (Wildman–Crippen LogP) is 0.938. The van der Waals surface area contributed by atoms with Crippen LogP contribution in [0.2, 0.25) is 0 Å². The molecule has 0 aromatic carbocycles. The van der Waals surface area contributed by atoms with Crippen LogP contribution in [0, 0.1) is 13.8 Å². The third-order valence-electron chi connectivity index (χ3n) is 3.19. The second-order valence-corrected chi connectivity index (χ2v) is 5.02. The van der Waals surface area contributed by atoms with Crippen molar-refractivity contribution in [1.82, 2.24) is 19.7 Å². The molecule has 0 saturated heterocycles. The van der Waals surface area contributed by atoms with Crippen LogP contribution < -0.4 is 5.32 Å². The van der Waals surface area contributed by atoms with E-state index < -0.39 is 6.10 Å². The molecular formula is C14H20N4O2. The Morgan fingerprint density at radius 1 is 1.40 bits per heavy atom. The van der Waals surface area contributed by atoms with Crippen molar-refractivity contribution >= 4 is 5.91 Å². The third kappa shape index (κ3) is 2.60. The van der Waals surface area contributed by atoms with Crippen molar-refractivity contribution in [3.63, 3.8) is 0 Å². The molecule has 2 aromatic rings. The Morgan fingerprint density at radius 2 is 2.00 bits per heavy atom. The fourth-order valence-corrected chi connectivity index (χ4v) is 2.19. The van der Waals surface area contributed by atoms with Gasteiger partial charge in [-0.05, 0) is 32.9 Å². The molecule has 1 atom stereocenters. The normalized spacial score (nSPS) is 12.4. The van der Waals surface area contributed by atoms with E-state index in [1.54, 1.807) is 24.9 Å². The summed E-state index contributed by atoms with van der Waals surface area (Å²) in [6, 6.07) is 4.00. The minimum atomic E-state index is -0.575.